The summed E-state index contributed by atoms with van der Waals surface area (Å²) < 4.78 is 0. The Morgan fingerprint density at radius 1 is 1.23 bits per heavy atom. The molecule has 1 aliphatic rings. The summed E-state index contributed by atoms with van der Waals surface area (Å²) in [6.45, 7) is 9.01. The molecule has 0 radical (unpaired) electrons. The SMILES string of the molecule is CC(C)(C)c1ccc(NC(=O)CN2CCC(CO)CC2)cc1. The number of nitrogens with zero attached hydrogens (tertiary/aromatic N) is 1. The van der Waals surface area contributed by atoms with E-state index >= 15 is 0 Å². The lowest BCUT2D eigenvalue weighted by atomic mass is 9.87. The third-order valence-corrected chi connectivity index (χ3v) is 4.37. The maximum Gasteiger partial charge on any atom is 0.238 e. The molecule has 0 bridgehead atoms. The highest BCUT2D eigenvalue weighted by Crippen LogP contribution is 2.23. The van der Waals surface area contributed by atoms with Crippen molar-refractivity contribution in [2.75, 3.05) is 31.6 Å². The molecule has 0 aromatic heterocycles. The number of likely N-dealkylation sites (tertiary alicyclic amines) is 1. The zero-order valence-electron chi connectivity index (χ0n) is 13.9. The Labute approximate surface area is 133 Å². The van der Waals surface area contributed by atoms with E-state index in [4.69, 9.17) is 5.11 Å². The van der Waals surface area contributed by atoms with Gasteiger partial charge in [-0.05, 0) is 55.0 Å². The van der Waals surface area contributed by atoms with Crippen LogP contribution in [0.25, 0.3) is 0 Å². The maximum absolute atomic E-state index is 12.1. The van der Waals surface area contributed by atoms with Gasteiger partial charge in [-0.3, -0.25) is 9.69 Å². The lowest BCUT2D eigenvalue weighted by Crippen LogP contribution is -2.39. The standard InChI is InChI=1S/C18H28N2O2/c1-18(2,3)15-4-6-16(7-5-15)19-17(22)12-20-10-8-14(13-21)9-11-20/h4-7,14,21H,8-13H2,1-3H3,(H,19,22). The van der Waals surface area contributed by atoms with Gasteiger partial charge in [-0.2, -0.15) is 0 Å². The van der Waals surface area contributed by atoms with E-state index < -0.39 is 0 Å². The van der Waals surface area contributed by atoms with Gasteiger partial charge in [-0.1, -0.05) is 32.9 Å². The first-order valence-electron chi connectivity index (χ1n) is 8.12. The molecule has 1 aromatic carbocycles. The van der Waals surface area contributed by atoms with E-state index in [9.17, 15) is 4.79 Å². The number of benzene rings is 1. The van der Waals surface area contributed by atoms with Gasteiger partial charge < -0.3 is 10.4 Å². The Morgan fingerprint density at radius 3 is 2.32 bits per heavy atom. The van der Waals surface area contributed by atoms with Crippen molar-refractivity contribution >= 4 is 11.6 Å². The van der Waals surface area contributed by atoms with Gasteiger partial charge in [0.05, 0.1) is 6.54 Å². The second-order valence-corrected chi connectivity index (χ2v) is 7.28. The lowest BCUT2D eigenvalue weighted by Gasteiger charge is -2.30. The number of rotatable bonds is 4. The summed E-state index contributed by atoms with van der Waals surface area (Å²) in [6.07, 6.45) is 1.95. The van der Waals surface area contributed by atoms with Gasteiger partial charge in [0.2, 0.25) is 5.91 Å². The molecule has 1 amide bonds. The molecular formula is C18H28N2O2. The van der Waals surface area contributed by atoms with Crippen molar-refractivity contribution < 1.29 is 9.90 Å². The molecule has 122 valence electrons. The van der Waals surface area contributed by atoms with Crippen LogP contribution in [0.5, 0.6) is 0 Å². The fourth-order valence-corrected chi connectivity index (χ4v) is 2.78. The molecule has 4 nitrogen and oxygen atoms in total. The molecule has 22 heavy (non-hydrogen) atoms. The fraction of sp³-hybridized carbons (Fsp3) is 0.611. The summed E-state index contributed by atoms with van der Waals surface area (Å²) in [6, 6.07) is 8.08. The minimum atomic E-state index is 0.0333. The van der Waals surface area contributed by atoms with E-state index in [1.807, 2.05) is 12.1 Å². The minimum absolute atomic E-state index is 0.0333. The summed E-state index contributed by atoms with van der Waals surface area (Å²) in [4.78, 5) is 14.3. The molecule has 4 heteroatoms. The van der Waals surface area contributed by atoms with E-state index in [0.717, 1.165) is 31.6 Å². The summed E-state index contributed by atoms with van der Waals surface area (Å²) >= 11 is 0. The molecule has 1 heterocycles. The second kappa shape index (κ2) is 7.25. The van der Waals surface area contributed by atoms with Crippen LogP contribution in [-0.4, -0.2) is 42.2 Å². The summed E-state index contributed by atoms with van der Waals surface area (Å²) in [5.74, 6) is 0.440. The molecule has 1 fully saturated rings. The van der Waals surface area contributed by atoms with E-state index in [2.05, 4.69) is 43.1 Å². The van der Waals surface area contributed by atoms with Crippen molar-refractivity contribution in [3.63, 3.8) is 0 Å². The van der Waals surface area contributed by atoms with E-state index in [1.165, 1.54) is 5.56 Å². The third kappa shape index (κ3) is 4.82. The number of piperidine rings is 1. The molecule has 1 aliphatic heterocycles. The Balaban J connectivity index is 1.82. The summed E-state index contributed by atoms with van der Waals surface area (Å²) in [7, 11) is 0. The van der Waals surface area contributed by atoms with Crippen LogP contribution in [0.15, 0.2) is 24.3 Å². The second-order valence-electron chi connectivity index (χ2n) is 7.28. The zero-order valence-corrected chi connectivity index (χ0v) is 13.9. The molecule has 2 N–H and O–H groups in total. The maximum atomic E-state index is 12.1. The summed E-state index contributed by atoms with van der Waals surface area (Å²) in [5, 5.41) is 12.1. The van der Waals surface area contributed by atoms with Gasteiger partial charge in [0, 0.05) is 12.3 Å². The number of aliphatic hydroxyl groups is 1. The number of carbonyl (C=O) groups excluding carboxylic acids is 1. The first-order chi connectivity index (χ1) is 10.4. The monoisotopic (exact) mass is 304 g/mol. The summed E-state index contributed by atoms with van der Waals surface area (Å²) in [5.41, 5.74) is 2.24. The number of carbonyl (C=O) groups is 1. The molecule has 0 atom stereocenters. The van der Waals surface area contributed by atoms with Gasteiger partial charge in [-0.15, -0.1) is 0 Å². The van der Waals surface area contributed by atoms with Crippen molar-refractivity contribution in [2.24, 2.45) is 5.92 Å². The average molecular weight is 304 g/mol. The minimum Gasteiger partial charge on any atom is -0.396 e. The number of aliphatic hydroxyl groups excluding tert-OH is 1. The Hall–Kier alpha value is -1.39. The van der Waals surface area contributed by atoms with Crippen molar-refractivity contribution in [1.82, 2.24) is 4.90 Å². The van der Waals surface area contributed by atoms with Crippen LogP contribution in [0, 0.1) is 5.92 Å². The van der Waals surface area contributed by atoms with Crippen molar-refractivity contribution in [2.45, 2.75) is 39.0 Å². The van der Waals surface area contributed by atoms with Crippen LogP contribution in [-0.2, 0) is 10.2 Å². The highest BCUT2D eigenvalue weighted by molar-refractivity contribution is 5.92. The van der Waals surface area contributed by atoms with E-state index in [1.54, 1.807) is 0 Å². The van der Waals surface area contributed by atoms with E-state index in [-0.39, 0.29) is 17.9 Å². The number of amides is 1. The number of anilines is 1. The molecule has 0 saturated carbocycles. The molecule has 0 spiro atoms. The number of hydrogen-bond acceptors (Lipinski definition) is 3. The van der Waals surface area contributed by atoms with Gasteiger partial charge in [0.15, 0.2) is 0 Å². The topological polar surface area (TPSA) is 52.6 Å². The smallest absolute Gasteiger partial charge is 0.238 e. The highest BCUT2D eigenvalue weighted by atomic mass is 16.3. The zero-order chi connectivity index (χ0) is 16.2. The van der Waals surface area contributed by atoms with Crippen molar-refractivity contribution in [3.8, 4) is 0 Å². The van der Waals surface area contributed by atoms with Crippen LogP contribution in [0.2, 0.25) is 0 Å². The van der Waals surface area contributed by atoms with Crippen LogP contribution in [0.3, 0.4) is 0 Å². The lowest BCUT2D eigenvalue weighted by molar-refractivity contribution is -0.117. The molecule has 1 aromatic rings. The van der Waals surface area contributed by atoms with Crippen LogP contribution in [0.4, 0.5) is 5.69 Å². The number of nitrogens with one attached hydrogen (secondary N) is 1. The Bertz CT molecular complexity index is 483. The first kappa shape index (κ1) is 17.0. The Kier molecular flexibility index (Phi) is 5.59. The van der Waals surface area contributed by atoms with Gasteiger partial charge in [-0.25, -0.2) is 0 Å². The Morgan fingerprint density at radius 2 is 1.82 bits per heavy atom. The highest BCUT2D eigenvalue weighted by Gasteiger charge is 2.20. The predicted molar refractivity (Wildman–Crippen MR) is 90.0 cm³/mol. The molecule has 0 unspecified atom stereocenters. The van der Waals surface area contributed by atoms with Gasteiger partial charge in [0.25, 0.3) is 0 Å². The van der Waals surface area contributed by atoms with Crippen LogP contribution in [0.1, 0.15) is 39.2 Å². The third-order valence-electron chi connectivity index (χ3n) is 4.37. The quantitative estimate of drug-likeness (QED) is 0.899. The average Bonchev–Trinajstić information content (AvgIpc) is 2.47. The van der Waals surface area contributed by atoms with Crippen LogP contribution < -0.4 is 5.32 Å². The molecule has 1 saturated heterocycles. The van der Waals surface area contributed by atoms with Crippen molar-refractivity contribution in [3.05, 3.63) is 29.8 Å². The van der Waals surface area contributed by atoms with Crippen LogP contribution >= 0.6 is 0 Å². The van der Waals surface area contributed by atoms with Gasteiger partial charge in [0.1, 0.15) is 0 Å². The molecule has 0 aliphatic carbocycles. The molecule has 2 rings (SSSR count). The van der Waals surface area contributed by atoms with E-state index in [0.29, 0.717) is 12.5 Å². The normalized spacial score (nSPS) is 17.5. The number of hydrogen-bond donors (Lipinski definition) is 2. The van der Waals surface area contributed by atoms with Crippen molar-refractivity contribution in [1.29, 1.82) is 0 Å². The first-order valence-corrected chi connectivity index (χ1v) is 8.12. The molecular weight excluding hydrogens is 276 g/mol. The largest absolute Gasteiger partial charge is 0.396 e. The fourth-order valence-electron chi connectivity index (χ4n) is 2.78. The van der Waals surface area contributed by atoms with Gasteiger partial charge >= 0.3 is 0 Å². The predicted octanol–water partition coefficient (Wildman–Crippen LogP) is 2.63.